The Kier molecular flexibility index (Phi) is 10.6. The molecule has 4 nitrogen and oxygen atoms in total. The van der Waals surface area contributed by atoms with Gasteiger partial charge in [-0.15, -0.1) is 0 Å². The molecule has 17 rings (SSSR count). The summed E-state index contributed by atoms with van der Waals surface area (Å²) in [5, 5.41) is 4.24. The lowest BCUT2D eigenvalue weighted by molar-refractivity contribution is 0.590. The Morgan fingerprint density at radius 2 is 0.653 bits per heavy atom. The standard InChI is InChI=1S/C90H75BN4/c1-56-24-19-25-57(2)84(56)72-30-13-17-38-78(72)94-80-40-23-41-81-86(80)91(74-52-50-64(54-82(74)94)92-76-36-15-11-28-68(76)70-34-21-32-66(87(70)92)60-42-46-62(47-43-60)89(5,6)7)75-53-51-65(55-83(75)95(81)79-39-18-14-31-73(79)85-58(3)26-20-27-59(85)4)93-77-37-16-12-29-69(77)71-35-22-33-67(88(71)93)61-44-48-63(49-45-61)90(8,9)10/h11-55H,1-10H3/i1D3,2D3,3D3,4D3. The average molecular weight is 1240 g/mol. The summed E-state index contributed by atoms with van der Waals surface area (Å²) < 4.78 is 114. The summed E-state index contributed by atoms with van der Waals surface area (Å²) in [6.45, 7) is 1.75. The van der Waals surface area contributed by atoms with Crippen LogP contribution in [0.1, 0.15) is 91.4 Å². The lowest BCUT2D eigenvalue weighted by atomic mass is 9.33. The maximum atomic E-state index is 9.08. The highest BCUT2D eigenvalue weighted by Gasteiger charge is 2.45. The van der Waals surface area contributed by atoms with Crippen LogP contribution in [0.5, 0.6) is 0 Å². The average Bonchev–Trinajstić information content (AvgIpc) is 1.17. The summed E-state index contributed by atoms with van der Waals surface area (Å²) in [6.07, 6.45) is 0. The van der Waals surface area contributed by atoms with E-state index in [0.29, 0.717) is 33.9 Å². The van der Waals surface area contributed by atoms with Crippen LogP contribution in [0.4, 0.5) is 34.1 Å². The molecule has 0 saturated carbocycles. The van der Waals surface area contributed by atoms with Gasteiger partial charge >= 0.3 is 0 Å². The van der Waals surface area contributed by atoms with Crippen LogP contribution in [0, 0.1) is 27.4 Å². The smallest absolute Gasteiger partial charge is 0.252 e. The second-order valence-electron chi connectivity index (χ2n) is 27.6. The second kappa shape index (κ2) is 21.9. The van der Waals surface area contributed by atoms with Crippen LogP contribution in [0.3, 0.4) is 0 Å². The first kappa shape index (κ1) is 46.2. The molecule has 0 amide bonds. The summed E-state index contributed by atoms with van der Waals surface area (Å²) in [4.78, 5) is 4.33. The number of para-hydroxylation sites is 6. The fourth-order valence-electron chi connectivity index (χ4n) is 15.5. The summed E-state index contributed by atoms with van der Waals surface area (Å²) in [5.74, 6) is 0. The molecule has 15 aromatic rings. The van der Waals surface area contributed by atoms with Crippen molar-refractivity contribution in [3.05, 3.63) is 306 Å². The molecular formula is C90H75BN4. The molecule has 0 aliphatic carbocycles. The normalized spacial score (nSPS) is 15.3. The van der Waals surface area contributed by atoms with Crippen LogP contribution in [0.25, 0.3) is 99.5 Å². The van der Waals surface area contributed by atoms with Gasteiger partial charge < -0.3 is 18.9 Å². The second-order valence-corrected chi connectivity index (χ2v) is 27.6. The van der Waals surface area contributed by atoms with Crippen LogP contribution in [-0.4, -0.2) is 15.8 Å². The van der Waals surface area contributed by atoms with Crippen LogP contribution >= 0.6 is 0 Å². The number of benzene rings is 13. The van der Waals surface area contributed by atoms with Gasteiger partial charge in [0.05, 0.1) is 33.4 Å². The van der Waals surface area contributed by atoms with Crippen LogP contribution in [-0.2, 0) is 10.8 Å². The van der Waals surface area contributed by atoms with Gasteiger partial charge in [0, 0.05) is 94.4 Å². The van der Waals surface area contributed by atoms with Gasteiger partial charge in [0.2, 0.25) is 0 Å². The van der Waals surface area contributed by atoms with Crippen molar-refractivity contribution in [3.63, 3.8) is 0 Å². The van der Waals surface area contributed by atoms with Gasteiger partial charge in [0.25, 0.3) is 6.71 Å². The molecule has 458 valence electrons. The van der Waals surface area contributed by atoms with E-state index in [4.69, 9.17) is 16.4 Å². The number of aryl methyl sites for hydroxylation is 4. The Morgan fingerprint density at radius 1 is 0.305 bits per heavy atom. The lowest BCUT2D eigenvalue weighted by Crippen LogP contribution is -2.61. The minimum Gasteiger partial charge on any atom is -0.311 e. The molecule has 0 bridgehead atoms. The predicted octanol–water partition coefficient (Wildman–Crippen LogP) is 22.5. The predicted molar refractivity (Wildman–Crippen MR) is 407 cm³/mol. The number of hydrogen-bond acceptors (Lipinski definition) is 2. The van der Waals surface area contributed by atoms with Crippen molar-refractivity contribution in [2.75, 3.05) is 9.80 Å². The zero-order chi connectivity index (χ0) is 74.8. The van der Waals surface area contributed by atoms with Crippen molar-refractivity contribution >= 4 is 101 Å². The maximum Gasteiger partial charge on any atom is 0.252 e. The summed E-state index contributed by atoms with van der Waals surface area (Å²) in [5.41, 5.74) is 19.0. The Bertz CT molecular complexity index is 5690. The van der Waals surface area contributed by atoms with Crippen LogP contribution < -0.4 is 26.2 Å². The van der Waals surface area contributed by atoms with Crippen LogP contribution in [0.2, 0.25) is 0 Å². The Labute approximate surface area is 575 Å². The summed E-state index contributed by atoms with van der Waals surface area (Å²) in [6, 6.07) is 90.8. The molecule has 13 aromatic carbocycles. The Balaban J connectivity index is 0.993. The molecule has 0 saturated heterocycles. The monoisotopic (exact) mass is 1230 g/mol. The lowest BCUT2D eigenvalue weighted by Gasteiger charge is -2.45. The van der Waals surface area contributed by atoms with E-state index in [0.717, 1.165) is 105 Å². The van der Waals surface area contributed by atoms with E-state index in [1.165, 1.54) is 47.5 Å². The molecule has 4 heterocycles. The molecule has 0 N–H and O–H groups in total. The first-order chi connectivity index (χ1) is 50.9. The first-order valence-electron chi connectivity index (χ1n) is 38.7. The van der Waals surface area contributed by atoms with Gasteiger partial charge in [-0.3, -0.25) is 0 Å². The molecule has 0 fully saturated rings. The van der Waals surface area contributed by atoms with E-state index in [1.54, 1.807) is 0 Å². The number of fused-ring (bicyclic) bond motifs is 10. The van der Waals surface area contributed by atoms with Crippen molar-refractivity contribution in [1.29, 1.82) is 0 Å². The minimum absolute atomic E-state index is 0.0748. The van der Waals surface area contributed by atoms with E-state index in [-0.39, 0.29) is 44.2 Å². The molecule has 0 spiro atoms. The van der Waals surface area contributed by atoms with Crippen molar-refractivity contribution in [1.82, 2.24) is 9.13 Å². The van der Waals surface area contributed by atoms with Gasteiger partial charge in [-0.05, 0) is 171 Å². The number of anilines is 6. The van der Waals surface area contributed by atoms with Crippen molar-refractivity contribution in [3.8, 4) is 55.9 Å². The maximum absolute atomic E-state index is 9.08. The van der Waals surface area contributed by atoms with E-state index < -0.39 is 34.1 Å². The highest BCUT2D eigenvalue weighted by Crippen LogP contribution is 2.51. The molecule has 5 heteroatoms. The third kappa shape index (κ3) is 9.10. The molecular weight excluding hydrogens is 1150 g/mol. The number of aromatic nitrogens is 2. The molecule has 0 unspecified atom stereocenters. The van der Waals surface area contributed by atoms with Gasteiger partial charge in [0.15, 0.2) is 0 Å². The minimum atomic E-state index is -2.75. The highest BCUT2D eigenvalue weighted by atomic mass is 15.2. The SMILES string of the molecule is [2H]C([2H])([2H])c1cccc(C([2H])([2H])[2H])c1-c1ccccc1N1c2cc(-n3c4ccccc4c4cccc(-c5ccc(C(C)(C)C)cc5)c43)ccc2B2c3ccc(-n4c5ccccc5c5cccc(-c6ccc(C(C)(C)C)cc6)c54)cc3N(c3ccccc3-c3c(C([2H])([2H])[2H])cccc3C([2H])([2H])[2H])c3cccc1c32. The Morgan fingerprint density at radius 3 is 1.06 bits per heavy atom. The summed E-state index contributed by atoms with van der Waals surface area (Å²) >= 11 is 0. The third-order valence-electron chi connectivity index (χ3n) is 19.9. The topological polar surface area (TPSA) is 16.3 Å². The van der Waals surface area contributed by atoms with E-state index in [2.05, 4.69) is 242 Å². The van der Waals surface area contributed by atoms with Gasteiger partial charge in [-0.1, -0.05) is 254 Å². The fourth-order valence-corrected chi connectivity index (χ4v) is 15.5. The van der Waals surface area contributed by atoms with Gasteiger partial charge in [0.1, 0.15) is 0 Å². The fraction of sp³-hybridized carbons (Fsp3) is 0.133. The number of nitrogens with zero attached hydrogens (tertiary/aromatic N) is 4. The van der Waals surface area contributed by atoms with Crippen molar-refractivity contribution < 1.29 is 16.4 Å². The van der Waals surface area contributed by atoms with Crippen molar-refractivity contribution in [2.24, 2.45) is 0 Å². The first-order valence-corrected chi connectivity index (χ1v) is 32.7. The molecule has 2 aromatic heterocycles. The zero-order valence-corrected chi connectivity index (χ0v) is 53.8. The quantitative estimate of drug-likeness (QED) is 0.141. The van der Waals surface area contributed by atoms with Crippen molar-refractivity contribution in [2.45, 2.75) is 79.8 Å². The zero-order valence-electron chi connectivity index (χ0n) is 65.8. The molecule has 0 radical (unpaired) electrons. The van der Waals surface area contributed by atoms with E-state index in [1.807, 2.05) is 54.6 Å². The summed E-state index contributed by atoms with van der Waals surface area (Å²) in [7, 11) is 0. The van der Waals surface area contributed by atoms with Crippen LogP contribution in [0.15, 0.2) is 273 Å². The number of hydrogen-bond donors (Lipinski definition) is 0. The molecule has 95 heavy (non-hydrogen) atoms. The van der Waals surface area contributed by atoms with Gasteiger partial charge in [-0.2, -0.15) is 0 Å². The highest BCUT2D eigenvalue weighted by molar-refractivity contribution is 7.00. The number of rotatable bonds is 8. The van der Waals surface area contributed by atoms with E-state index in [9.17, 15) is 0 Å². The molecule has 0 atom stereocenters. The molecule has 2 aliphatic heterocycles. The van der Waals surface area contributed by atoms with E-state index >= 15 is 0 Å². The van der Waals surface area contributed by atoms with Gasteiger partial charge in [-0.25, -0.2) is 0 Å². The third-order valence-corrected chi connectivity index (χ3v) is 19.9. The Hall–Kier alpha value is -10.9. The molecule has 2 aliphatic rings. The largest absolute Gasteiger partial charge is 0.311 e.